The normalized spacial score (nSPS) is 13.3. The van der Waals surface area contributed by atoms with Gasteiger partial charge in [-0.1, -0.05) is 23.8 Å². The molecule has 1 aliphatic heterocycles. The summed E-state index contributed by atoms with van der Waals surface area (Å²) in [5, 5.41) is 6.12. The largest absolute Gasteiger partial charge is 0.493 e. The summed E-state index contributed by atoms with van der Waals surface area (Å²) in [5.41, 5.74) is 2.34. The Morgan fingerprint density at radius 2 is 2.25 bits per heavy atom. The fourth-order valence-electron chi connectivity index (χ4n) is 2.36. The van der Waals surface area contributed by atoms with Gasteiger partial charge in [-0.2, -0.15) is 0 Å². The van der Waals surface area contributed by atoms with Crippen LogP contribution in [-0.4, -0.2) is 39.3 Å². The molecule has 6 heteroatoms. The van der Waals surface area contributed by atoms with Crippen molar-refractivity contribution in [1.29, 1.82) is 0 Å². The van der Waals surface area contributed by atoms with Crippen LogP contribution in [0.5, 0.6) is 11.5 Å². The molecular formula is C18H25ClN2O3. The number of nitrogens with one attached hydrogen (secondary N) is 2. The van der Waals surface area contributed by atoms with E-state index in [-0.39, 0.29) is 24.9 Å². The number of allylic oxidation sites excluding steroid dienone is 1. The van der Waals surface area contributed by atoms with Gasteiger partial charge in [-0.25, -0.2) is 0 Å². The topological polar surface area (TPSA) is 59.6 Å². The van der Waals surface area contributed by atoms with E-state index in [1.54, 1.807) is 7.11 Å². The van der Waals surface area contributed by atoms with Crippen molar-refractivity contribution in [3.63, 3.8) is 0 Å². The maximum atomic E-state index is 11.9. The van der Waals surface area contributed by atoms with Crippen LogP contribution in [0.3, 0.4) is 0 Å². The lowest BCUT2D eigenvalue weighted by atomic mass is 10.1. The van der Waals surface area contributed by atoms with Crippen LogP contribution in [0.15, 0.2) is 42.5 Å². The van der Waals surface area contributed by atoms with Gasteiger partial charge in [0, 0.05) is 13.1 Å². The number of hydrogen-bond donors (Lipinski definition) is 2. The summed E-state index contributed by atoms with van der Waals surface area (Å²) in [7, 11) is 1.59. The monoisotopic (exact) mass is 352 g/mol. The van der Waals surface area contributed by atoms with Gasteiger partial charge in [-0.05, 0) is 37.1 Å². The molecule has 0 unspecified atom stereocenters. The summed E-state index contributed by atoms with van der Waals surface area (Å²) in [6.07, 6.45) is 5.69. The molecule has 132 valence electrons. The number of carbonyl (C=O) groups is 1. The van der Waals surface area contributed by atoms with E-state index in [1.165, 1.54) is 5.57 Å². The second kappa shape index (κ2) is 10.7. The highest BCUT2D eigenvalue weighted by Gasteiger charge is 2.09. The average molecular weight is 353 g/mol. The van der Waals surface area contributed by atoms with Crippen LogP contribution in [0.4, 0.5) is 0 Å². The number of benzene rings is 1. The molecule has 2 N–H and O–H groups in total. The zero-order valence-electron chi connectivity index (χ0n) is 14.0. The van der Waals surface area contributed by atoms with E-state index in [9.17, 15) is 4.79 Å². The first kappa shape index (κ1) is 20.1. The molecule has 0 radical (unpaired) electrons. The molecule has 0 saturated heterocycles. The summed E-state index contributed by atoms with van der Waals surface area (Å²) in [6.45, 7) is 6.11. The van der Waals surface area contributed by atoms with Gasteiger partial charge in [-0.15, -0.1) is 19.0 Å². The van der Waals surface area contributed by atoms with Crippen molar-refractivity contribution in [3.8, 4) is 11.5 Å². The fourth-order valence-corrected chi connectivity index (χ4v) is 2.36. The molecule has 24 heavy (non-hydrogen) atoms. The number of halogens is 1. The fraction of sp³-hybridized carbons (Fsp3) is 0.389. The Morgan fingerprint density at radius 3 is 2.92 bits per heavy atom. The Balaban J connectivity index is 0.00000288. The van der Waals surface area contributed by atoms with Crippen molar-refractivity contribution in [3.05, 3.63) is 48.1 Å². The van der Waals surface area contributed by atoms with Crippen molar-refractivity contribution in [2.45, 2.75) is 12.8 Å². The minimum Gasteiger partial charge on any atom is -0.493 e. The van der Waals surface area contributed by atoms with Crippen LogP contribution in [0.2, 0.25) is 0 Å². The molecule has 0 bridgehead atoms. The number of hydrogen-bond acceptors (Lipinski definition) is 4. The van der Waals surface area contributed by atoms with Crippen molar-refractivity contribution in [2.24, 2.45) is 0 Å². The maximum absolute atomic E-state index is 11.9. The quantitative estimate of drug-likeness (QED) is 0.705. The number of carbonyl (C=O) groups excluding carboxylic acids is 1. The lowest BCUT2D eigenvalue weighted by Gasteiger charge is -2.15. The Labute approximate surface area is 149 Å². The number of rotatable bonds is 8. The molecule has 1 heterocycles. The standard InChI is InChI=1S/C18H24N2O3.ClH/c1-3-4-14-5-6-16(17(11-14)22-2)23-13-18(21)20-12-15-7-9-19-10-8-15;/h3,5-7,11,19H,1,4,8-10,12-13H2,2H3,(H,20,21);1H. The van der Waals surface area contributed by atoms with Crippen LogP contribution in [0, 0.1) is 0 Å². The molecule has 0 aliphatic carbocycles. The molecule has 5 nitrogen and oxygen atoms in total. The Morgan fingerprint density at radius 1 is 1.42 bits per heavy atom. The highest BCUT2D eigenvalue weighted by molar-refractivity contribution is 5.85. The van der Waals surface area contributed by atoms with Gasteiger partial charge in [0.15, 0.2) is 18.1 Å². The Hall–Kier alpha value is -1.98. The van der Waals surface area contributed by atoms with E-state index < -0.39 is 0 Å². The molecular weight excluding hydrogens is 328 g/mol. The lowest BCUT2D eigenvalue weighted by molar-refractivity contribution is -0.122. The van der Waals surface area contributed by atoms with Crippen LogP contribution in [-0.2, 0) is 11.2 Å². The van der Waals surface area contributed by atoms with Crippen molar-refractivity contribution in [2.75, 3.05) is 33.4 Å². The van der Waals surface area contributed by atoms with E-state index in [0.29, 0.717) is 18.0 Å². The third-order valence-corrected chi connectivity index (χ3v) is 3.64. The van der Waals surface area contributed by atoms with Gasteiger partial charge in [-0.3, -0.25) is 4.79 Å². The van der Waals surface area contributed by atoms with Crippen LogP contribution >= 0.6 is 12.4 Å². The molecule has 2 rings (SSSR count). The van der Waals surface area contributed by atoms with Gasteiger partial charge < -0.3 is 20.1 Å². The summed E-state index contributed by atoms with van der Waals surface area (Å²) in [6, 6.07) is 5.66. The van der Waals surface area contributed by atoms with Gasteiger partial charge in [0.1, 0.15) is 0 Å². The lowest BCUT2D eigenvalue weighted by Crippen LogP contribution is -2.32. The predicted octanol–water partition coefficient (Wildman–Crippen LogP) is 2.26. The first-order chi connectivity index (χ1) is 11.2. The number of methoxy groups -OCH3 is 1. The summed E-state index contributed by atoms with van der Waals surface area (Å²) < 4.78 is 10.9. The van der Waals surface area contributed by atoms with E-state index in [0.717, 1.165) is 31.5 Å². The zero-order valence-corrected chi connectivity index (χ0v) is 14.8. The maximum Gasteiger partial charge on any atom is 0.258 e. The van der Waals surface area contributed by atoms with Crippen molar-refractivity contribution >= 4 is 18.3 Å². The van der Waals surface area contributed by atoms with E-state index in [2.05, 4.69) is 23.3 Å². The number of ether oxygens (including phenoxy) is 2. The molecule has 0 aromatic heterocycles. The molecule has 0 saturated carbocycles. The van der Waals surface area contributed by atoms with E-state index in [4.69, 9.17) is 9.47 Å². The van der Waals surface area contributed by atoms with Crippen molar-refractivity contribution < 1.29 is 14.3 Å². The van der Waals surface area contributed by atoms with E-state index in [1.807, 2.05) is 24.3 Å². The van der Waals surface area contributed by atoms with Crippen LogP contribution in [0.25, 0.3) is 0 Å². The third kappa shape index (κ3) is 6.26. The average Bonchev–Trinajstić information content (AvgIpc) is 2.59. The molecule has 0 spiro atoms. The highest BCUT2D eigenvalue weighted by atomic mass is 35.5. The first-order valence-electron chi connectivity index (χ1n) is 7.79. The minimum atomic E-state index is -0.137. The van der Waals surface area contributed by atoms with Gasteiger partial charge in [0.05, 0.1) is 7.11 Å². The first-order valence-corrected chi connectivity index (χ1v) is 7.79. The summed E-state index contributed by atoms with van der Waals surface area (Å²) in [4.78, 5) is 11.9. The second-order valence-corrected chi connectivity index (χ2v) is 5.36. The minimum absolute atomic E-state index is 0. The summed E-state index contributed by atoms with van der Waals surface area (Å²) >= 11 is 0. The Bertz CT molecular complexity index is 588. The molecule has 1 aromatic rings. The third-order valence-electron chi connectivity index (χ3n) is 3.64. The van der Waals surface area contributed by atoms with Gasteiger partial charge in [0.2, 0.25) is 0 Å². The highest BCUT2D eigenvalue weighted by Crippen LogP contribution is 2.28. The Kier molecular flexibility index (Phi) is 8.97. The van der Waals surface area contributed by atoms with Gasteiger partial charge >= 0.3 is 0 Å². The predicted molar refractivity (Wildman–Crippen MR) is 98.2 cm³/mol. The molecule has 1 amide bonds. The van der Waals surface area contributed by atoms with E-state index >= 15 is 0 Å². The molecule has 1 aliphatic rings. The molecule has 0 atom stereocenters. The summed E-state index contributed by atoms with van der Waals surface area (Å²) in [5.74, 6) is 1.05. The van der Waals surface area contributed by atoms with Crippen LogP contribution in [0.1, 0.15) is 12.0 Å². The van der Waals surface area contributed by atoms with Gasteiger partial charge in [0.25, 0.3) is 5.91 Å². The smallest absolute Gasteiger partial charge is 0.258 e. The second-order valence-electron chi connectivity index (χ2n) is 5.36. The molecule has 0 fully saturated rings. The SMILES string of the molecule is C=CCc1ccc(OCC(=O)NCC2=CCNCC2)c(OC)c1.Cl. The number of amides is 1. The van der Waals surface area contributed by atoms with Crippen LogP contribution < -0.4 is 20.1 Å². The zero-order chi connectivity index (χ0) is 16.5. The molecule has 1 aromatic carbocycles. The van der Waals surface area contributed by atoms with Crippen molar-refractivity contribution in [1.82, 2.24) is 10.6 Å².